The number of allylic oxidation sites excluding steroid dienone is 1. The SMILES string of the molecule is CC(CCO)NC(=O)/C=C/C(=O)C(C)C. The van der Waals surface area contributed by atoms with E-state index in [1.807, 2.05) is 0 Å². The molecule has 1 atom stereocenters. The topological polar surface area (TPSA) is 66.4 Å². The number of hydrogen-bond donors (Lipinski definition) is 2. The molecule has 2 N–H and O–H groups in total. The van der Waals surface area contributed by atoms with Gasteiger partial charge in [0, 0.05) is 24.6 Å². The van der Waals surface area contributed by atoms with E-state index in [9.17, 15) is 9.59 Å². The predicted octanol–water partition coefficient (Wildman–Crippen LogP) is 0.655. The van der Waals surface area contributed by atoms with Crippen molar-refractivity contribution in [3.63, 3.8) is 0 Å². The lowest BCUT2D eigenvalue weighted by molar-refractivity contribution is -0.119. The van der Waals surface area contributed by atoms with E-state index in [1.54, 1.807) is 20.8 Å². The highest BCUT2D eigenvalue weighted by molar-refractivity contribution is 5.98. The maximum Gasteiger partial charge on any atom is 0.244 e. The zero-order valence-electron chi connectivity index (χ0n) is 9.49. The fraction of sp³-hybridized carbons (Fsp3) is 0.636. The van der Waals surface area contributed by atoms with Crippen molar-refractivity contribution in [3.8, 4) is 0 Å². The van der Waals surface area contributed by atoms with E-state index in [2.05, 4.69) is 5.32 Å². The number of nitrogens with one attached hydrogen (secondary N) is 1. The van der Waals surface area contributed by atoms with Crippen LogP contribution in [0.25, 0.3) is 0 Å². The molecule has 0 rings (SSSR count). The van der Waals surface area contributed by atoms with Crippen LogP contribution in [0.5, 0.6) is 0 Å². The van der Waals surface area contributed by atoms with Crippen LogP contribution in [0.1, 0.15) is 27.2 Å². The summed E-state index contributed by atoms with van der Waals surface area (Å²) in [5.41, 5.74) is 0. The monoisotopic (exact) mass is 213 g/mol. The van der Waals surface area contributed by atoms with E-state index in [4.69, 9.17) is 5.11 Å². The molecule has 1 amide bonds. The van der Waals surface area contributed by atoms with Crippen molar-refractivity contribution in [1.82, 2.24) is 5.32 Å². The van der Waals surface area contributed by atoms with E-state index in [0.29, 0.717) is 6.42 Å². The molecule has 0 aliphatic carbocycles. The Balaban J connectivity index is 3.98. The van der Waals surface area contributed by atoms with Crippen LogP contribution in [-0.2, 0) is 9.59 Å². The van der Waals surface area contributed by atoms with Crippen LogP contribution in [0.2, 0.25) is 0 Å². The first-order valence-corrected chi connectivity index (χ1v) is 5.10. The van der Waals surface area contributed by atoms with Gasteiger partial charge >= 0.3 is 0 Å². The Kier molecular flexibility index (Phi) is 6.62. The van der Waals surface area contributed by atoms with Crippen molar-refractivity contribution in [1.29, 1.82) is 0 Å². The highest BCUT2D eigenvalue weighted by atomic mass is 16.3. The molecular formula is C11H19NO3. The molecule has 1 unspecified atom stereocenters. The Morgan fingerprint density at radius 2 is 1.87 bits per heavy atom. The lowest BCUT2D eigenvalue weighted by Gasteiger charge is -2.09. The first-order chi connectivity index (χ1) is 6.97. The quantitative estimate of drug-likeness (QED) is 0.637. The minimum atomic E-state index is -0.301. The minimum absolute atomic E-state index is 0.0378. The van der Waals surface area contributed by atoms with Gasteiger partial charge in [0.2, 0.25) is 5.91 Å². The molecule has 0 aliphatic rings. The molecule has 0 heterocycles. The Hall–Kier alpha value is -1.16. The average molecular weight is 213 g/mol. The Labute approximate surface area is 90.4 Å². The molecule has 86 valence electrons. The van der Waals surface area contributed by atoms with Crippen LogP contribution in [0.3, 0.4) is 0 Å². The third-order valence-corrected chi connectivity index (χ3v) is 1.92. The van der Waals surface area contributed by atoms with Crippen LogP contribution in [0, 0.1) is 5.92 Å². The van der Waals surface area contributed by atoms with Gasteiger partial charge in [0.25, 0.3) is 0 Å². The number of ketones is 1. The molecule has 0 spiro atoms. The van der Waals surface area contributed by atoms with Gasteiger partial charge in [-0.05, 0) is 19.4 Å². The van der Waals surface area contributed by atoms with Crippen LogP contribution < -0.4 is 5.32 Å². The number of rotatable bonds is 6. The normalized spacial score (nSPS) is 13.1. The zero-order chi connectivity index (χ0) is 11.8. The molecule has 0 aromatic carbocycles. The number of aliphatic hydroxyl groups is 1. The first-order valence-electron chi connectivity index (χ1n) is 5.10. The van der Waals surface area contributed by atoms with Crippen LogP contribution in [0.4, 0.5) is 0 Å². The summed E-state index contributed by atoms with van der Waals surface area (Å²) < 4.78 is 0. The molecule has 0 aliphatic heterocycles. The van der Waals surface area contributed by atoms with Gasteiger partial charge < -0.3 is 10.4 Å². The lowest BCUT2D eigenvalue weighted by Crippen LogP contribution is -2.31. The largest absolute Gasteiger partial charge is 0.396 e. The third-order valence-electron chi connectivity index (χ3n) is 1.92. The summed E-state index contributed by atoms with van der Waals surface area (Å²) >= 11 is 0. The van der Waals surface area contributed by atoms with Gasteiger partial charge in [-0.25, -0.2) is 0 Å². The summed E-state index contributed by atoms with van der Waals surface area (Å²) in [7, 11) is 0. The third kappa shape index (κ3) is 6.85. The highest BCUT2D eigenvalue weighted by Crippen LogP contribution is 1.95. The van der Waals surface area contributed by atoms with E-state index in [-0.39, 0.29) is 30.3 Å². The number of amides is 1. The van der Waals surface area contributed by atoms with Crippen molar-refractivity contribution >= 4 is 11.7 Å². The summed E-state index contributed by atoms with van der Waals surface area (Å²) in [5, 5.41) is 11.3. The fourth-order valence-corrected chi connectivity index (χ4v) is 0.907. The number of carbonyl (C=O) groups is 2. The first kappa shape index (κ1) is 13.8. The molecule has 0 bridgehead atoms. The van der Waals surface area contributed by atoms with Crippen molar-refractivity contribution < 1.29 is 14.7 Å². The summed E-state index contributed by atoms with van der Waals surface area (Å²) in [6.07, 6.45) is 3.03. The smallest absolute Gasteiger partial charge is 0.244 e. The van der Waals surface area contributed by atoms with Crippen molar-refractivity contribution in [2.24, 2.45) is 5.92 Å². The molecule has 0 aromatic heterocycles. The van der Waals surface area contributed by atoms with E-state index >= 15 is 0 Å². The summed E-state index contributed by atoms with van der Waals surface area (Å²) in [4.78, 5) is 22.4. The number of aliphatic hydroxyl groups excluding tert-OH is 1. The Morgan fingerprint density at radius 3 is 2.33 bits per heavy atom. The fourth-order valence-electron chi connectivity index (χ4n) is 0.907. The molecular weight excluding hydrogens is 194 g/mol. The molecule has 0 aromatic rings. The van der Waals surface area contributed by atoms with Crippen LogP contribution in [-0.4, -0.2) is 29.4 Å². The van der Waals surface area contributed by atoms with Gasteiger partial charge in [-0.15, -0.1) is 0 Å². The van der Waals surface area contributed by atoms with Gasteiger partial charge in [0.15, 0.2) is 5.78 Å². The lowest BCUT2D eigenvalue weighted by atomic mass is 10.1. The second kappa shape index (κ2) is 7.17. The molecule has 0 saturated heterocycles. The van der Waals surface area contributed by atoms with Gasteiger partial charge in [-0.2, -0.15) is 0 Å². The summed E-state index contributed by atoms with van der Waals surface area (Å²) in [6, 6.07) is -0.0821. The van der Waals surface area contributed by atoms with Gasteiger partial charge in [-0.3, -0.25) is 9.59 Å². The molecule has 0 saturated carbocycles. The molecule has 4 nitrogen and oxygen atoms in total. The maximum absolute atomic E-state index is 11.2. The maximum atomic E-state index is 11.2. The molecule has 0 fully saturated rings. The van der Waals surface area contributed by atoms with Crippen LogP contribution in [0.15, 0.2) is 12.2 Å². The second-order valence-electron chi connectivity index (χ2n) is 3.81. The molecule has 15 heavy (non-hydrogen) atoms. The average Bonchev–Trinajstić information content (AvgIpc) is 2.14. The van der Waals surface area contributed by atoms with Gasteiger partial charge in [0.05, 0.1) is 0 Å². The molecule has 0 radical (unpaired) electrons. The van der Waals surface area contributed by atoms with Gasteiger partial charge in [0.1, 0.15) is 0 Å². The van der Waals surface area contributed by atoms with Gasteiger partial charge in [-0.1, -0.05) is 13.8 Å². The summed E-state index contributed by atoms with van der Waals surface area (Å²) in [5.74, 6) is -0.464. The summed E-state index contributed by atoms with van der Waals surface area (Å²) in [6.45, 7) is 5.39. The van der Waals surface area contributed by atoms with Crippen molar-refractivity contribution in [3.05, 3.63) is 12.2 Å². The van der Waals surface area contributed by atoms with E-state index in [0.717, 1.165) is 0 Å². The predicted molar refractivity (Wildman–Crippen MR) is 58.3 cm³/mol. The Bertz CT molecular complexity index is 246. The highest BCUT2D eigenvalue weighted by Gasteiger charge is 2.05. The second-order valence-corrected chi connectivity index (χ2v) is 3.81. The van der Waals surface area contributed by atoms with Crippen molar-refractivity contribution in [2.75, 3.05) is 6.61 Å². The van der Waals surface area contributed by atoms with E-state index in [1.165, 1.54) is 12.2 Å². The number of carbonyl (C=O) groups excluding carboxylic acids is 2. The minimum Gasteiger partial charge on any atom is -0.396 e. The standard InChI is InChI=1S/C11H19NO3/c1-8(2)10(14)4-5-11(15)12-9(3)6-7-13/h4-5,8-9,13H,6-7H2,1-3H3,(H,12,15)/b5-4+. The zero-order valence-corrected chi connectivity index (χ0v) is 9.49. The Morgan fingerprint density at radius 1 is 1.27 bits per heavy atom. The van der Waals surface area contributed by atoms with Crippen molar-refractivity contribution in [2.45, 2.75) is 33.2 Å². The van der Waals surface area contributed by atoms with Crippen LogP contribution >= 0.6 is 0 Å². The van der Waals surface area contributed by atoms with E-state index < -0.39 is 0 Å². The molecule has 4 heteroatoms. The number of hydrogen-bond acceptors (Lipinski definition) is 3.